The Balaban J connectivity index is 4.63. The van der Waals surface area contributed by atoms with Gasteiger partial charge in [0.1, 0.15) is 13.2 Å². The Kier molecular flexibility index (Phi) is 12.5. The molecule has 0 heterocycles. The lowest BCUT2D eigenvalue weighted by Crippen LogP contribution is -2.30. The minimum absolute atomic E-state index is 0.162. The third-order valence-corrected chi connectivity index (χ3v) is 4.57. The molecule has 0 amide bonds. The molecule has 26 heavy (non-hydrogen) atoms. The minimum Gasteiger partial charge on any atom is -0.464 e. The van der Waals surface area contributed by atoms with Crippen molar-refractivity contribution in [3.05, 3.63) is 0 Å². The highest BCUT2D eigenvalue weighted by molar-refractivity contribution is 5.74. The summed E-state index contributed by atoms with van der Waals surface area (Å²) in [4.78, 5) is 28.8. The summed E-state index contributed by atoms with van der Waals surface area (Å²) >= 11 is 0. The smallest absolute Gasteiger partial charge is 0.309 e. The van der Waals surface area contributed by atoms with Gasteiger partial charge in [0.25, 0.3) is 0 Å². The SMILES string of the molecule is CC(C)C(CCC(C(=O)OCCN(C)C)C(C)C)C(=O)OCCN(C)C. The lowest BCUT2D eigenvalue weighted by Gasteiger charge is -2.24. The molecule has 0 bridgehead atoms. The zero-order valence-electron chi connectivity index (χ0n) is 18.1. The average Bonchev–Trinajstić information content (AvgIpc) is 2.49. The Morgan fingerprint density at radius 2 is 1.00 bits per heavy atom. The molecule has 0 spiro atoms. The highest BCUT2D eigenvalue weighted by atomic mass is 16.5. The van der Waals surface area contributed by atoms with E-state index in [0.29, 0.717) is 39.1 Å². The van der Waals surface area contributed by atoms with Gasteiger partial charge in [-0.05, 0) is 52.9 Å². The van der Waals surface area contributed by atoms with E-state index >= 15 is 0 Å². The largest absolute Gasteiger partial charge is 0.464 e. The highest BCUT2D eigenvalue weighted by Gasteiger charge is 2.29. The van der Waals surface area contributed by atoms with Crippen LogP contribution in [0.5, 0.6) is 0 Å². The molecule has 0 aliphatic heterocycles. The van der Waals surface area contributed by atoms with Crippen LogP contribution in [0.1, 0.15) is 40.5 Å². The quantitative estimate of drug-likeness (QED) is 0.463. The number of rotatable bonds is 13. The predicted octanol–water partition coefficient (Wildman–Crippen LogP) is 2.52. The van der Waals surface area contributed by atoms with E-state index in [2.05, 4.69) is 0 Å². The Hall–Kier alpha value is -1.14. The first kappa shape index (κ1) is 24.9. The summed E-state index contributed by atoms with van der Waals surface area (Å²) in [7, 11) is 7.79. The van der Waals surface area contributed by atoms with Gasteiger partial charge in [-0.2, -0.15) is 0 Å². The monoisotopic (exact) mass is 372 g/mol. The van der Waals surface area contributed by atoms with Crippen LogP contribution in [0.2, 0.25) is 0 Å². The predicted molar refractivity (Wildman–Crippen MR) is 105 cm³/mol. The molecule has 6 heteroatoms. The number of hydrogen-bond acceptors (Lipinski definition) is 6. The van der Waals surface area contributed by atoms with Crippen LogP contribution in [0.3, 0.4) is 0 Å². The summed E-state index contributed by atoms with van der Waals surface area (Å²) in [6.07, 6.45) is 1.29. The van der Waals surface area contributed by atoms with Gasteiger partial charge in [0.05, 0.1) is 11.8 Å². The van der Waals surface area contributed by atoms with Crippen molar-refractivity contribution in [1.82, 2.24) is 9.80 Å². The molecular formula is C20H40N2O4. The maximum atomic E-state index is 12.4. The van der Waals surface area contributed by atoms with E-state index in [1.54, 1.807) is 0 Å². The van der Waals surface area contributed by atoms with Crippen LogP contribution in [0.25, 0.3) is 0 Å². The van der Waals surface area contributed by atoms with Crippen molar-refractivity contribution >= 4 is 11.9 Å². The first-order chi connectivity index (χ1) is 12.1. The van der Waals surface area contributed by atoms with Crippen LogP contribution >= 0.6 is 0 Å². The molecule has 0 aliphatic carbocycles. The topological polar surface area (TPSA) is 59.1 Å². The third-order valence-electron chi connectivity index (χ3n) is 4.57. The van der Waals surface area contributed by atoms with Crippen molar-refractivity contribution in [2.24, 2.45) is 23.7 Å². The van der Waals surface area contributed by atoms with Gasteiger partial charge in [-0.3, -0.25) is 9.59 Å². The number of carbonyl (C=O) groups excluding carboxylic acids is 2. The van der Waals surface area contributed by atoms with Gasteiger partial charge in [-0.1, -0.05) is 27.7 Å². The summed E-state index contributed by atoms with van der Waals surface area (Å²) in [6.45, 7) is 10.3. The molecule has 2 atom stereocenters. The molecular weight excluding hydrogens is 332 g/mol. The summed E-state index contributed by atoms with van der Waals surface area (Å²) in [6, 6.07) is 0. The summed E-state index contributed by atoms with van der Waals surface area (Å²) < 4.78 is 10.8. The van der Waals surface area contributed by atoms with Crippen molar-refractivity contribution in [1.29, 1.82) is 0 Å². The van der Waals surface area contributed by atoms with E-state index in [0.717, 1.165) is 0 Å². The Labute approximate surface area is 160 Å². The van der Waals surface area contributed by atoms with Crippen molar-refractivity contribution in [2.45, 2.75) is 40.5 Å². The fourth-order valence-corrected chi connectivity index (χ4v) is 2.68. The number of nitrogens with zero attached hydrogens (tertiary/aromatic N) is 2. The first-order valence-corrected chi connectivity index (χ1v) is 9.69. The zero-order chi connectivity index (χ0) is 20.3. The molecule has 0 fully saturated rings. The minimum atomic E-state index is -0.187. The van der Waals surface area contributed by atoms with E-state index in [1.807, 2.05) is 65.7 Å². The standard InChI is InChI=1S/C20H40N2O4/c1-15(2)17(19(23)25-13-11-21(5)6)9-10-18(16(3)4)20(24)26-14-12-22(7)8/h15-18H,9-14H2,1-8H3. The third kappa shape index (κ3) is 10.8. The van der Waals surface area contributed by atoms with Gasteiger partial charge in [0, 0.05) is 13.1 Å². The van der Waals surface area contributed by atoms with Crippen LogP contribution in [0.4, 0.5) is 0 Å². The fourth-order valence-electron chi connectivity index (χ4n) is 2.68. The second-order valence-corrected chi connectivity index (χ2v) is 8.22. The summed E-state index contributed by atoms with van der Waals surface area (Å²) in [5, 5.41) is 0. The number of carbonyl (C=O) groups is 2. The van der Waals surface area contributed by atoms with Gasteiger partial charge < -0.3 is 19.3 Å². The maximum absolute atomic E-state index is 12.4. The molecule has 0 aliphatic rings. The molecule has 0 aromatic rings. The van der Waals surface area contributed by atoms with Gasteiger partial charge in [-0.25, -0.2) is 0 Å². The lowest BCUT2D eigenvalue weighted by atomic mass is 9.84. The average molecular weight is 373 g/mol. The molecule has 6 nitrogen and oxygen atoms in total. The van der Waals surface area contributed by atoms with Crippen LogP contribution < -0.4 is 0 Å². The molecule has 0 saturated carbocycles. The molecule has 0 N–H and O–H groups in total. The Morgan fingerprint density at radius 3 is 1.23 bits per heavy atom. The molecule has 0 rings (SSSR count). The van der Waals surface area contributed by atoms with Crippen molar-refractivity contribution < 1.29 is 19.1 Å². The second kappa shape index (κ2) is 13.1. The van der Waals surface area contributed by atoms with Gasteiger partial charge in [-0.15, -0.1) is 0 Å². The lowest BCUT2D eigenvalue weighted by molar-refractivity contribution is -0.154. The molecule has 2 unspecified atom stereocenters. The Bertz CT molecular complexity index is 371. The van der Waals surface area contributed by atoms with Crippen molar-refractivity contribution in [3.63, 3.8) is 0 Å². The van der Waals surface area contributed by atoms with E-state index in [1.165, 1.54) is 0 Å². The fraction of sp³-hybridized carbons (Fsp3) is 0.900. The Morgan fingerprint density at radius 1 is 0.692 bits per heavy atom. The number of esters is 2. The van der Waals surface area contributed by atoms with Crippen LogP contribution in [0, 0.1) is 23.7 Å². The van der Waals surface area contributed by atoms with Gasteiger partial charge in [0.15, 0.2) is 0 Å². The van der Waals surface area contributed by atoms with Crippen LogP contribution in [-0.2, 0) is 19.1 Å². The normalized spacial score (nSPS) is 14.2. The van der Waals surface area contributed by atoms with Gasteiger partial charge >= 0.3 is 11.9 Å². The van der Waals surface area contributed by atoms with E-state index in [-0.39, 0.29) is 35.6 Å². The molecule has 0 aromatic heterocycles. The molecule has 0 aromatic carbocycles. The van der Waals surface area contributed by atoms with Crippen molar-refractivity contribution in [2.75, 3.05) is 54.5 Å². The number of hydrogen-bond donors (Lipinski definition) is 0. The van der Waals surface area contributed by atoms with Gasteiger partial charge in [0.2, 0.25) is 0 Å². The highest BCUT2D eigenvalue weighted by Crippen LogP contribution is 2.26. The number of ether oxygens (including phenoxy) is 2. The summed E-state index contributed by atoms with van der Waals surface area (Å²) in [5.74, 6) is -0.338. The second-order valence-electron chi connectivity index (χ2n) is 8.22. The van der Waals surface area contributed by atoms with Crippen molar-refractivity contribution in [3.8, 4) is 0 Å². The zero-order valence-corrected chi connectivity index (χ0v) is 18.1. The van der Waals surface area contributed by atoms with Crippen LogP contribution in [0.15, 0.2) is 0 Å². The maximum Gasteiger partial charge on any atom is 0.309 e. The molecule has 0 saturated heterocycles. The molecule has 0 radical (unpaired) electrons. The summed E-state index contributed by atoms with van der Waals surface area (Å²) in [5.41, 5.74) is 0. The van der Waals surface area contributed by atoms with E-state index in [9.17, 15) is 9.59 Å². The number of likely N-dealkylation sites (N-methyl/N-ethyl adjacent to an activating group) is 2. The van der Waals surface area contributed by atoms with Crippen LogP contribution in [-0.4, -0.2) is 76.2 Å². The first-order valence-electron chi connectivity index (χ1n) is 9.69. The van der Waals surface area contributed by atoms with E-state index < -0.39 is 0 Å². The molecule has 154 valence electrons. The van der Waals surface area contributed by atoms with E-state index in [4.69, 9.17) is 9.47 Å².